The molecule has 5 nitrogen and oxygen atoms in total. The van der Waals surface area contributed by atoms with Crippen LogP contribution in [0.4, 0.5) is 11.6 Å². The number of carbonyl (C=O) groups is 1. The Labute approximate surface area is 179 Å². The standard InChI is InChI=1S/C24H19ClN4O/c1-15-21(23(30)27-18-12-6-5-11-17(18)25)22(16-9-3-2-4-10-16)29-20-14-8-7-13-19(20)28-24(29)26-15/h2-14,22H,1H3,(H,26,28)(H,27,30)/t22-/m0/s1. The van der Waals surface area contributed by atoms with E-state index < -0.39 is 0 Å². The van der Waals surface area contributed by atoms with Crippen LogP contribution < -0.4 is 10.6 Å². The Balaban J connectivity index is 1.67. The molecule has 4 aromatic rings. The van der Waals surface area contributed by atoms with Crippen molar-refractivity contribution in [2.24, 2.45) is 0 Å². The first-order chi connectivity index (χ1) is 14.6. The fraction of sp³-hybridized carbons (Fsp3) is 0.0833. The molecule has 0 unspecified atom stereocenters. The van der Waals surface area contributed by atoms with Crippen molar-refractivity contribution in [1.29, 1.82) is 0 Å². The van der Waals surface area contributed by atoms with Crippen molar-refractivity contribution >= 4 is 40.2 Å². The number of nitrogens with one attached hydrogen (secondary N) is 2. The smallest absolute Gasteiger partial charge is 0.255 e. The average molecular weight is 415 g/mol. The number of allylic oxidation sites excluding steroid dienone is 1. The predicted molar refractivity (Wildman–Crippen MR) is 121 cm³/mol. The van der Waals surface area contributed by atoms with E-state index in [0.29, 0.717) is 16.3 Å². The van der Waals surface area contributed by atoms with Gasteiger partial charge in [-0.1, -0.05) is 66.2 Å². The Hall–Kier alpha value is -3.57. The van der Waals surface area contributed by atoms with E-state index in [4.69, 9.17) is 16.6 Å². The number of halogens is 1. The van der Waals surface area contributed by atoms with Gasteiger partial charge in [-0.2, -0.15) is 0 Å². The first-order valence-corrected chi connectivity index (χ1v) is 10.1. The molecule has 3 aromatic carbocycles. The van der Waals surface area contributed by atoms with Crippen molar-refractivity contribution in [2.75, 3.05) is 10.6 Å². The van der Waals surface area contributed by atoms with E-state index in [1.165, 1.54) is 0 Å². The molecule has 0 bridgehead atoms. The van der Waals surface area contributed by atoms with E-state index in [9.17, 15) is 4.79 Å². The van der Waals surface area contributed by atoms with Crippen molar-refractivity contribution in [2.45, 2.75) is 13.0 Å². The summed E-state index contributed by atoms with van der Waals surface area (Å²) in [5, 5.41) is 6.79. The van der Waals surface area contributed by atoms with Crippen LogP contribution in [-0.2, 0) is 4.79 Å². The Morgan fingerprint density at radius 3 is 2.50 bits per heavy atom. The number of imidazole rings is 1. The molecule has 1 atom stereocenters. The van der Waals surface area contributed by atoms with Crippen molar-refractivity contribution in [3.8, 4) is 0 Å². The van der Waals surface area contributed by atoms with Crippen molar-refractivity contribution in [3.05, 3.63) is 101 Å². The van der Waals surface area contributed by atoms with Crippen LogP contribution in [0.15, 0.2) is 90.1 Å². The van der Waals surface area contributed by atoms with Gasteiger partial charge in [0.25, 0.3) is 5.91 Å². The molecule has 0 aliphatic carbocycles. The maximum Gasteiger partial charge on any atom is 0.255 e. The summed E-state index contributed by atoms with van der Waals surface area (Å²) in [6.07, 6.45) is 0. The minimum absolute atomic E-state index is 0.203. The van der Waals surface area contributed by atoms with E-state index in [2.05, 4.69) is 15.2 Å². The van der Waals surface area contributed by atoms with Gasteiger partial charge in [-0.25, -0.2) is 4.98 Å². The molecule has 2 N–H and O–H groups in total. The van der Waals surface area contributed by atoms with Gasteiger partial charge in [0.1, 0.15) is 0 Å². The second-order valence-electron chi connectivity index (χ2n) is 7.20. The van der Waals surface area contributed by atoms with Crippen molar-refractivity contribution in [1.82, 2.24) is 9.55 Å². The topological polar surface area (TPSA) is 59.0 Å². The first-order valence-electron chi connectivity index (χ1n) is 9.69. The van der Waals surface area contributed by atoms with Gasteiger partial charge in [0.05, 0.1) is 33.4 Å². The molecule has 1 aliphatic heterocycles. The van der Waals surface area contributed by atoms with E-state index in [-0.39, 0.29) is 11.9 Å². The number of fused-ring (bicyclic) bond motifs is 3. The SMILES string of the molecule is CC1=C(C(=O)Nc2ccccc2Cl)[C@H](c2ccccc2)n2c(nc3ccccc32)N1. The van der Waals surface area contributed by atoms with E-state index in [0.717, 1.165) is 28.2 Å². The summed E-state index contributed by atoms with van der Waals surface area (Å²) in [6, 6.07) is 24.8. The van der Waals surface area contributed by atoms with Crippen LogP contribution in [0.5, 0.6) is 0 Å². The number of rotatable bonds is 3. The van der Waals surface area contributed by atoms with Gasteiger partial charge < -0.3 is 10.6 Å². The highest BCUT2D eigenvalue weighted by molar-refractivity contribution is 6.33. The minimum atomic E-state index is -0.322. The lowest BCUT2D eigenvalue weighted by atomic mass is 9.94. The van der Waals surface area contributed by atoms with Crippen LogP contribution in [0, 0.1) is 0 Å². The van der Waals surface area contributed by atoms with Gasteiger partial charge in [0, 0.05) is 5.70 Å². The largest absolute Gasteiger partial charge is 0.329 e. The molecular formula is C24H19ClN4O. The molecule has 1 aromatic heterocycles. The van der Waals surface area contributed by atoms with Crippen LogP contribution in [0.2, 0.25) is 5.02 Å². The molecule has 2 heterocycles. The molecule has 0 spiro atoms. The lowest BCUT2D eigenvalue weighted by Crippen LogP contribution is -2.31. The molecule has 0 fully saturated rings. The molecule has 1 amide bonds. The Morgan fingerprint density at radius 1 is 1.00 bits per heavy atom. The zero-order valence-electron chi connectivity index (χ0n) is 16.3. The Kier molecular flexibility index (Phi) is 4.52. The van der Waals surface area contributed by atoms with Gasteiger partial charge in [-0.3, -0.25) is 9.36 Å². The number of hydrogen-bond donors (Lipinski definition) is 2. The van der Waals surface area contributed by atoms with Crippen LogP contribution in [-0.4, -0.2) is 15.5 Å². The summed E-state index contributed by atoms with van der Waals surface area (Å²) < 4.78 is 2.08. The van der Waals surface area contributed by atoms with Crippen LogP contribution in [0.1, 0.15) is 18.5 Å². The zero-order chi connectivity index (χ0) is 20.7. The molecule has 1 aliphatic rings. The molecule has 6 heteroatoms. The van der Waals surface area contributed by atoms with E-state index >= 15 is 0 Å². The number of nitrogens with zero attached hydrogens (tertiary/aromatic N) is 2. The molecule has 0 saturated heterocycles. The van der Waals surface area contributed by atoms with Gasteiger partial charge in [0.15, 0.2) is 0 Å². The quantitative estimate of drug-likeness (QED) is 0.457. The predicted octanol–water partition coefficient (Wildman–Crippen LogP) is 5.62. The van der Waals surface area contributed by atoms with Gasteiger partial charge in [0.2, 0.25) is 5.95 Å². The highest BCUT2D eigenvalue weighted by Gasteiger charge is 2.34. The normalized spacial score (nSPS) is 15.6. The zero-order valence-corrected chi connectivity index (χ0v) is 17.0. The van der Waals surface area contributed by atoms with Gasteiger partial charge in [-0.05, 0) is 36.8 Å². The number of benzene rings is 3. The molecule has 5 rings (SSSR count). The summed E-state index contributed by atoms with van der Waals surface area (Å²) in [5.41, 5.74) is 4.81. The summed E-state index contributed by atoms with van der Waals surface area (Å²) in [7, 11) is 0. The molecule has 0 saturated carbocycles. The summed E-state index contributed by atoms with van der Waals surface area (Å²) in [5.74, 6) is 0.516. The van der Waals surface area contributed by atoms with E-state index in [1.54, 1.807) is 12.1 Å². The van der Waals surface area contributed by atoms with Gasteiger partial charge >= 0.3 is 0 Å². The second-order valence-corrected chi connectivity index (χ2v) is 7.61. The van der Waals surface area contributed by atoms with Crippen LogP contribution >= 0.6 is 11.6 Å². The summed E-state index contributed by atoms with van der Waals surface area (Å²) in [4.78, 5) is 18.2. The number of carbonyl (C=O) groups excluding carboxylic acids is 1. The highest BCUT2D eigenvalue weighted by atomic mass is 35.5. The Morgan fingerprint density at radius 2 is 1.70 bits per heavy atom. The number of para-hydroxylation sites is 3. The summed E-state index contributed by atoms with van der Waals surface area (Å²) >= 11 is 6.28. The third-order valence-corrected chi connectivity index (χ3v) is 5.64. The fourth-order valence-electron chi connectivity index (χ4n) is 3.96. The minimum Gasteiger partial charge on any atom is -0.329 e. The highest BCUT2D eigenvalue weighted by Crippen LogP contribution is 2.39. The molecule has 148 valence electrons. The third-order valence-electron chi connectivity index (χ3n) is 5.31. The third kappa shape index (κ3) is 3.04. The average Bonchev–Trinajstić information content (AvgIpc) is 3.12. The number of hydrogen-bond acceptors (Lipinski definition) is 3. The lowest BCUT2D eigenvalue weighted by Gasteiger charge is -2.30. The van der Waals surface area contributed by atoms with Gasteiger partial charge in [-0.15, -0.1) is 0 Å². The van der Waals surface area contributed by atoms with Crippen LogP contribution in [0.3, 0.4) is 0 Å². The number of amides is 1. The number of anilines is 2. The molecular weight excluding hydrogens is 396 g/mol. The maximum atomic E-state index is 13.5. The lowest BCUT2D eigenvalue weighted by molar-refractivity contribution is -0.113. The molecule has 0 radical (unpaired) electrons. The van der Waals surface area contributed by atoms with Crippen molar-refractivity contribution < 1.29 is 4.79 Å². The second kappa shape index (κ2) is 7.35. The maximum absolute atomic E-state index is 13.5. The van der Waals surface area contributed by atoms with Crippen molar-refractivity contribution in [3.63, 3.8) is 0 Å². The molecule has 30 heavy (non-hydrogen) atoms. The fourth-order valence-corrected chi connectivity index (χ4v) is 4.14. The first kappa shape index (κ1) is 18.5. The Bertz CT molecular complexity index is 1290. The summed E-state index contributed by atoms with van der Waals surface area (Å²) in [6.45, 7) is 1.90. The monoisotopic (exact) mass is 414 g/mol. The van der Waals surface area contributed by atoms with E-state index in [1.807, 2.05) is 73.7 Å². The number of aromatic nitrogens is 2. The van der Waals surface area contributed by atoms with Crippen LogP contribution in [0.25, 0.3) is 11.0 Å².